The summed E-state index contributed by atoms with van der Waals surface area (Å²) < 4.78 is 40.5. The number of nitrogens with zero attached hydrogens (tertiary/aromatic N) is 2. The Kier molecular flexibility index (Phi) is 9.15. The van der Waals surface area contributed by atoms with Crippen molar-refractivity contribution in [1.82, 2.24) is 4.72 Å². The molecule has 0 aromatic heterocycles. The van der Waals surface area contributed by atoms with Crippen molar-refractivity contribution < 1.29 is 28.0 Å². The monoisotopic (exact) mass is 695 g/mol. The maximum Gasteiger partial charge on any atom is 0.287 e. The molecule has 2 aromatic rings. The molecule has 2 saturated carbocycles. The van der Waals surface area contributed by atoms with Crippen LogP contribution < -0.4 is 14.4 Å². The molecule has 258 valence electrons. The van der Waals surface area contributed by atoms with Gasteiger partial charge < -0.3 is 19.1 Å². The van der Waals surface area contributed by atoms with Crippen LogP contribution in [0, 0.1) is 17.8 Å². The van der Waals surface area contributed by atoms with Crippen molar-refractivity contribution in [1.29, 1.82) is 0 Å². The molecule has 3 aliphatic carbocycles. The molecule has 5 atom stereocenters. The second kappa shape index (κ2) is 13.1. The maximum atomic E-state index is 14.9. The number of ether oxygens (including phenoxy) is 3. The number of fused-ring (bicyclic) bond motifs is 4. The fourth-order valence-electron chi connectivity index (χ4n) is 7.96. The van der Waals surface area contributed by atoms with E-state index < -0.39 is 21.4 Å². The van der Waals surface area contributed by atoms with Crippen LogP contribution in [-0.2, 0) is 40.8 Å². The zero-order chi connectivity index (χ0) is 33.7. The average Bonchev–Trinajstić information content (AvgIpc) is 3.16. The molecule has 2 aromatic carbocycles. The van der Waals surface area contributed by atoms with Crippen LogP contribution >= 0.6 is 11.6 Å². The van der Waals surface area contributed by atoms with Crippen molar-refractivity contribution in [3.63, 3.8) is 0 Å². The van der Waals surface area contributed by atoms with Crippen LogP contribution in [0.3, 0.4) is 0 Å². The third-order valence-corrected chi connectivity index (χ3v) is 13.3. The summed E-state index contributed by atoms with van der Waals surface area (Å²) >= 11 is 6.46. The summed E-state index contributed by atoms with van der Waals surface area (Å²) in [7, 11) is -1.98. The number of halogens is 1. The summed E-state index contributed by atoms with van der Waals surface area (Å²) in [6, 6.07) is 11.5. The molecule has 1 spiro atoms. The molecule has 2 amide bonds. The van der Waals surface area contributed by atoms with E-state index in [1.807, 2.05) is 30.4 Å². The molecule has 0 radical (unpaired) electrons. The van der Waals surface area contributed by atoms with Crippen molar-refractivity contribution >= 4 is 39.0 Å². The van der Waals surface area contributed by atoms with Gasteiger partial charge in [-0.15, -0.1) is 4.36 Å². The summed E-state index contributed by atoms with van der Waals surface area (Å²) in [5, 5.41) is 0.736. The van der Waals surface area contributed by atoms with E-state index >= 15 is 0 Å². The Bertz CT molecular complexity index is 1750. The summed E-state index contributed by atoms with van der Waals surface area (Å²) in [4.78, 5) is 29.6. The van der Waals surface area contributed by atoms with E-state index in [0.29, 0.717) is 30.7 Å². The number of aryl methyl sites for hydroxylation is 1. The summed E-state index contributed by atoms with van der Waals surface area (Å²) in [5.41, 5.74) is 1.65. The number of nitrogens with one attached hydrogen (secondary N) is 1. The Morgan fingerprint density at radius 2 is 1.96 bits per heavy atom. The first kappa shape index (κ1) is 33.6. The Morgan fingerprint density at radius 3 is 2.69 bits per heavy atom. The molecule has 11 heteroatoms. The SMILES string of the molecule is CO[C@H]1/C=C/COC(C)(C)C(=O)N=[S@@](=O)(NC(=O)C2CCC2)c2ccc3c(c2)N(C[C@@H]2CC[C@H]21)C[C@@]1(CCCc2cc(Cl)ccc21)CO3. The highest BCUT2D eigenvalue weighted by molar-refractivity contribution is 7.92. The lowest BCUT2D eigenvalue weighted by molar-refractivity contribution is -0.137. The first-order chi connectivity index (χ1) is 23.0. The van der Waals surface area contributed by atoms with E-state index in [4.69, 9.17) is 25.8 Å². The van der Waals surface area contributed by atoms with Gasteiger partial charge in [0, 0.05) is 36.6 Å². The molecular weight excluding hydrogens is 650 g/mol. The topological polar surface area (TPSA) is 107 Å². The number of hydrogen-bond acceptors (Lipinski definition) is 7. The van der Waals surface area contributed by atoms with Gasteiger partial charge in [0.05, 0.1) is 29.9 Å². The smallest absolute Gasteiger partial charge is 0.287 e. The van der Waals surface area contributed by atoms with E-state index in [1.165, 1.54) is 11.1 Å². The molecule has 1 N–H and O–H groups in total. The Hall–Kier alpha value is -2.92. The van der Waals surface area contributed by atoms with Gasteiger partial charge in [0.25, 0.3) is 5.91 Å². The van der Waals surface area contributed by atoms with Gasteiger partial charge in [0.2, 0.25) is 5.91 Å². The van der Waals surface area contributed by atoms with Gasteiger partial charge in [-0.2, -0.15) is 0 Å². The lowest BCUT2D eigenvalue weighted by Crippen LogP contribution is -2.49. The summed E-state index contributed by atoms with van der Waals surface area (Å²) in [6.45, 7) is 5.32. The number of carbonyl (C=O) groups excluding carboxylic acids is 2. The molecule has 48 heavy (non-hydrogen) atoms. The standard InChI is InChI=1S/C37H46ClN3O6S/c1-36(2)35(43)40-48(44,39-34(42)24-7-4-8-24)28-13-16-33-31(20-28)41(21-26-11-14-29(26)32(45-3)10-6-18-47-36)22-37(23-46-33)17-5-9-25-19-27(38)12-15-30(25)37/h6,10,12-13,15-16,19-20,24,26,29,32H,4-5,7-9,11,14,17-18,21-23H2,1-3H3,(H,39,40,42,43,44)/b10-6+/t26-,29+,32-,37-,48-/m0/s1. The second-order valence-electron chi connectivity index (χ2n) is 14.7. The molecule has 0 saturated heterocycles. The van der Waals surface area contributed by atoms with Crippen molar-refractivity contribution in [2.45, 2.75) is 87.2 Å². The molecule has 5 aliphatic rings. The number of amides is 2. The van der Waals surface area contributed by atoms with E-state index in [9.17, 15) is 13.8 Å². The summed E-state index contributed by atoms with van der Waals surface area (Å²) in [5.74, 6) is 0.0368. The van der Waals surface area contributed by atoms with Crippen LogP contribution in [0.15, 0.2) is 57.8 Å². The van der Waals surface area contributed by atoms with Gasteiger partial charge in [-0.25, -0.2) is 4.21 Å². The molecule has 0 unspecified atom stereocenters. The van der Waals surface area contributed by atoms with Gasteiger partial charge in [0.1, 0.15) is 11.4 Å². The zero-order valence-electron chi connectivity index (χ0n) is 28.0. The van der Waals surface area contributed by atoms with Crippen LogP contribution in [0.5, 0.6) is 5.75 Å². The third kappa shape index (κ3) is 6.30. The predicted molar refractivity (Wildman–Crippen MR) is 186 cm³/mol. The minimum atomic E-state index is -3.72. The first-order valence-electron chi connectivity index (χ1n) is 17.3. The first-order valence-corrected chi connectivity index (χ1v) is 19.2. The van der Waals surface area contributed by atoms with Crippen LogP contribution in [0.25, 0.3) is 0 Å². The number of carbonyl (C=O) groups is 2. The van der Waals surface area contributed by atoms with Crippen molar-refractivity contribution in [2.24, 2.45) is 22.1 Å². The zero-order valence-corrected chi connectivity index (χ0v) is 29.6. The van der Waals surface area contributed by atoms with Crippen molar-refractivity contribution in [2.75, 3.05) is 38.3 Å². The minimum absolute atomic E-state index is 0.0928. The van der Waals surface area contributed by atoms with E-state index in [-0.39, 0.29) is 34.8 Å². The normalized spacial score (nSPS) is 32.3. The second-order valence-corrected chi connectivity index (χ2v) is 17.0. The lowest BCUT2D eigenvalue weighted by atomic mass is 9.68. The van der Waals surface area contributed by atoms with E-state index in [2.05, 4.69) is 26.1 Å². The highest BCUT2D eigenvalue weighted by Crippen LogP contribution is 2.47. The molecule has 2 heterocycles. The van der Waals surface area contributed by atoms with Crippen LogP contribution in [0.1, 0.15) is 69.9 Å². The number of hydrogen-bond donors (Lipinski definition) is 1. The van der Waals surface area contributed by atoms with Crippen molar-refractivity contribution in [3.05, 3.63) is 64.7 Å². The van der Waals surface area contributed by atoms with Crippen LogP contribution in [0.2, 0.25) is 5.02 Å². The molecule has 2 bridgehead atoms. The molecule has 9 nitrogen and oxygen atoms in total. The Balaban J connectivity index is 1.36. The van der Waals surface area contributed by atoms with Crippen molar-refractivity contribution in [3.8, 4) is 5.75 Å². The molecule has 2 fully saturated rings. The third-order valence-electron chi connectivity index (χ3n) is 11.3. The average molecular weight is 696 g/mol. The largest absolute Gasteiger partial charge is 0.490 e. The number of benzene rings is 2. The highest BCUT2D eigenvalue weighted by Gasteiger charge is 2.45. The molecule has 7 rings (SSSR count). The fraction of sp³-hybridized carbons (Fsp3) is 0.568. The predicted octanol–water partition coefficient (Wildman–Crippen LogP) is 6.40. The Labute approximate surface area is 289 Å². The number of methoxy groups -OCH3 is 1. The number of rotatable bonds is 3. The molecular formula is C37H46ClN3O6S. The van der Waals surface area contributed by atoms with Crippen LogP contribution in [-0.4, -0.2) is 61.1 Å². The quantitative estimate of drug-likeness (QED) is 0.370. The molecule has 2 aliphatic heterocycles. The maximum absolute atomic E-state index is 14.9. The minimum Gasteiger partial charge on any atom is -0.490 e. The lowest BCUT2D eigenvalue weighted by Gasteiger charge is -2.46. The summed E-state index contributed by atoms with van der Waals surface area (Å²) in [6.07, 6.45) is 11.3. The number of anilines is 1. The fourth-order valence-corrected chi connectivity index (χ4v) is 9.84. The van der Waals surface area contributed by atoms with Crippen LogP contribution in [0.4, 0.5) is 5.69 Å². The van der Waals surface area contributed by atoms with E-state index in [0.717, 1.165) is 68.6 Å². The van der Waals surface area contributed by atoms with Gasteiger partial charge in [-0.05, 0) is 112 Å². The van der Waals surface area contributed by atoms with Gasteiger partial charge in [-0.1, -0.05) is 36.2 Å². The van der Waals surface area contributed by atoms with Gasteiger partial charge in [0.15, 0.2) is 9.92 Å². The van der Waals surface area contributed by atoms with E-state index in [1.54, 1.807) is 27.0 Å². The highest BCUT2D eigenvalue weighted by atomic mass is 35.5. The Morgan fingerprint density at radius 1 is 1.12 bits per heavy atom. The van der Waals surface area contributed by atoms with Gasteiger partial charge >= 0.3 is 0 Å². The van der Waals surface area contributed by atoms with Gasteiger partial charge in [-0.3, -0.25) is 14.3 Å².